The van der Waals surface area contributed by atoms with Crippen molar-refractivity contribution in [3.63, 3.8) is 0 Å². The van der Waals surface area contributed by atoms with Crippen molar-refractivity contribution in [3.8, 4) is 0 Å². The maximum absolute atomic E-state index is 6.20. The molecule has 0 spiro atoms. The first kappa shape index (κ1) is 13.3. The molecule has 0 aromatic carbocycles. The first-order valence-corrected chi connectivity index (χ1v) is 6.86. The van der Waals surface area contributed by atoms with Crippen molar-refractivity contribution >= 4 is 0 Å². The number of fused-ring (bicyclic) bond motifs is 1. The van der Waals surface area contributed by atoms with Crippen LogP contribution in [0.1, 0.15) is 19.3 Å². The highest BCUT2D eigenvalue weighted by Gasteiger charge is 2.38. The predicted molar refractivity (Wildman–Crippen MR) is 67.9 cm³/mol. The van der Waals surface area contributed by atoms with E-state index in [2.05, 4.69) is 4.90 Å². The SMILES string of the molecule is COCCOCCN1CC2CCCC(N)C2C1. The Morgan fingerprint density at radius 3 is 2.82 bits per heavy atom. The zero-order chi connectivity index (χ0) is 12.1. The second-order valence-electron chi connectivity index (χ2n) is 5.38. The average molecular weight is 242 g/mol. The monoisotopic (exact) mass is 242 g/mol. The molecule has 1 aliphatic heterocycles. The standard InChI is InChI=1S/C13H26N2O2/c1-16-7-8-17-6-5-15-9-11-3-2-4-13(14)12(11)10-15/h11-13H,2-10,14H2,1H3. The van der Waals surface area contributed by atoms with Crippen LogP contribution in [0.5, 0.6) is 0 Å². The molecular weight excluding hydrogens is 216 g/mol. The summed E-state index contributed by atoms with van der Waals surface area (Å²) < 4.78 is 10.5. The van der Waals surface area contributed by atoms with Gasteiger partial charge in [0.2, 0.25) is 0 Å². The maximum atomic E-state index is 6.20. The van der Waals surface area contributed by atoms with Crippen LogP contribution in [-0.4, -0.2) is 57.5 Å². The largest absolute Gasteiger partial charge is 0.382 e. The lowest BCUT2D eigenvalue weighted by Crippen LogP contribution is -2.38. The molecule has 0 amide bonds. The van der Waals surface area contributed by atoms with Gasteiger partial charge in [-0.1, -0.05) is 6.42 Å². The van der Waals surface area contributed by atoms with Crippen LogP contribution in [0, 0.1) is 11.8 Å². The molecule has 1 saturated carbocycles. The van der Waals surface area contributed by atoms with E-state index in [-0.39, 0.29) is 0 Å². The molecule has 3 unspecified atom stereocenters. The molecule has 100 valence electrons. The Labute approximate surface area is 104 Å². The summed E-state index contributed by atoms with van der Waals surface area (Å²) in [4.78, 5) is 2.52. The Kier molecular flexibility index (Phi) is 5.22. The van der Waals surface area contributed by atoms with Crippen molar-refractivity contribution in [2.24, 2.45) is 17.6 Å². The molecule has 2 aliphatic rings. The van der Waals surface area contributed by atoms with Crippen LogP contribution in [0.25, 0.3) is 0 Å². The van der Waals surface area contributed by atoms with Gasteiger partial charge in [0.05, 0.1) is 19.8 Å². The number of methoxy groups -OCH3 is 1. The Hall–Kier alpha value is -0.160. The molecule has 0 aromatic rings. The van der Waals surface area contributed by atoms with Crippen LogP contribution in [0.2, 0.25) is 0 Å². The van der Waals surface area contributed by atoms with Gasteiger partial charge in [0.1, 0.15) is 0 Å². The van der Waals surface area contributed by atoms with Gasteiger partial charge in [-0.3, -0.25) is 0 Å². The van der Waals surface area contributed by atoms with Crippen LogP contribution in [-0.2, 0) is 9.47 Å². The molecule has 17 heavy (non-hydrogen) atoms. The zero-order valence-electron chi connectivity index (χ0n) is 10.9. The van der Waals surface area contributed by atoms with Gasteiger partial charge in [0.25, 0.3) is 0 Å². The number of hydrogen-bond donors (Lipinski definition) is 1. The molecule has 1 heterocycles. The van der Waals surface area contributed by atoms with Crippen LogP contribution in [0.15, 0.2) is 0 Å². The number of nitrogens with zero attached hydrogens (tertiary/aromatic N) is 1. The molecule has 3 atom stereocenters. The van der Waals surface area contributed by atoms with E-state index in [1.807, 2.05) is 0 Å². The van der Waals surface area contributed by atoms with E-state index >= 15 is 0 Å². The second-order valence-corrected chi connectivity index (χ2v) is 5.38. The molecule has 0 bridgehead atoms. The van der Waals surface area contributed by atoms with E-state index in [0.717, 1.165) is 25.0 Å². The van der Waals surface area contributed by atoms with Gasteiger partial charge >= 0.3 is 0 Å². The molecule has 4 heteroatoms. The van der Waals surface area contributed by atoms with E-state index in [9.17, 15) is 0 Å². The normalized spacial score (nSPS) is 33.9. The first-order chi connectivity index (χ1) is 8.31. The van der Waals surface area contributed by atoms with Crippen molar-refractivity contribution in [1.29, 1.82) is 0 Å². The molecule has 2 rings (SSSR count). The van der Waals surface area contributed by atoms with E-state index in [0.29, 0.717) is 19.3 Å². The third-order valence-corrected chi connectivity index (χ3v) is 4.21. The lowest BCUT2D eigenvalue weighted by Gasteiger charge is -2.29. The number of hydrogen-bond acceptors (Lipinski definition) is 4. The Morgan fingerprint density at radius 2 is 2.06 bits per heavy atom. The molecule has 0 aromatic heterocycles. The lowest BCUT2D eigenvalue weighted by molar-refractivity contribution is 0.0596. The van der Waals surface area contributed by atoms with Gasteiger partial charge in [-0.05, 0) is 24.7 Å². The second kappa shape index (κ2) is 6.69. The van der Waals surface area contributed by atoms with Crippen LogP contribution in [0.4, 0.5) is 0 Å². The number of nitrogens with two attached hydrogens (primary N) is 1. The fraction of sp³-hybridized carbons (Fsp3) is 1.00. The molecule has 2 fully saturated rings. The highest BCUT2D eigenvalue weighted by Crippen LogP contribution is 2.35. The minimum Gasteiger partial charge on any atom is -0.382 e. The Morgan fingerprint density at radius 1 is 1.18 bits per heavy atom. The Bertz CT molecular complexity index is 225. The molecule has 1 aliphatic carbocycles. The van der Waals surface area contributed by atoms with Crippen LogP contribution < -0.4 is 5.73 Å². The fourth-order valence-electron chi connectivity index (χ4n) is 3.23. The predicted octanol–water partition coefficient (Wildman–Crippen LogP) is 0.709. The van der Waals surface area contributed by atoms with Crippen molar-refractivity contribution in [3.05, 3.63) is 0 Å². The number of rotatable bonds is 6. The van der Waals surface area contributed by atoms with Gasteiger partial charge in [-0.2, -0.15) is 0 Å². The summed E-state index contributed by atoms with van der Waals surface area (Å²) in [6.07, 6.45) is 3.92. The first-order valence-electron chi connectivity index (χ1n) is 6.86. The van der Waals surface area contributed by atoms with E-state index in [1.165, 1.54) is 32.4 Å². The summed E-state index contributed by atoms with van der Waals surface area (Å²) in [6, 6.07) is 0.438. The van der Waals surface area contributed by atoms with Crippen molar-refractivity contribution in [1.82, 2.24) is 4.90 Å². The highest BCUT2D eigenvalue weighted by atomic mass is 16.5. The summed E-state index contributed by atoms with van der Waals surface area (Å²) in [7, 11) is 1.70. The third-order valence-electron chi connectivity index (χ3n) is 4.21. The highest BCUT2D eigenvalue weighted by molar-refractivity contribution is 4.92. The molecular formula is C13H26N2O2. The van der Waals surface area contributed by atoms with Gasteiger partial charge in [-0.25, -0.2) is 0 Å². The van der Waals surface area contributed by atoms with E-state index in [1.54, 1.807) is 7.11 Å². The fourth-order valence-corrected chi connectivity index (χ4v) is 3.23. The summed E-state index contributed by atoms with van der Waals surface area (Å²) in [5.74, 6) is 1.58. The molecule has 0 radical (unpaired) electrons. The number of likely N-dealkylation sites (tertiary alicyclic amines) is 1. The average Bonchev–Trinajstić information content (AvgIpc) is 2.73. The summed E-state index contributed by atoms with van der Waals surface area (Å²) in [6.45, 7) is 5.67. The maximum Gasteiger partial charge on any atom is 0.0700 e. The smallest absolute Gasteiger partial charge is 0.0700 e. The minimum absolute atomic E-state index is 0.438. The zero-order valence-corrected chi connectivity index (χ0v) is 10.9. The summed E-state index contributed by atoms with van der Waals surface area (Å²) in [5, 5.41) is 0. The topological polar surface area (TPSA) is 47.7 Å². The van der Waals surface area contributed by atoms with Gasteiger partial charge in [0, 0.05) is 32.8 Å². The summed E-state index contributed by atoms with van der Waals surface area (Å²) >= 11 is 0. The summed E-state index contributed by atoms with van der Waals surface area (Å²) in [5.41, 5.74) is 6.20. The quantitative estimate of drug-likeness (QED) is 0.697. The minimum atomic E-state index is 0.438. The Balaban J connectivity index is 1.63. The van der Waals surface area contributed by atoms with Crippen molar-refractivity contribution in [2.45, 2.75) is 25.3 Å². The van der Waals surface area contributed by atoms with Crippen molar-refractivity contribution in [2.75, 3.05) is 46.6 Å². The molecule has 4 nitrogen and oxygen atoms in total. The molecule has 1 saturated heterocycles. The van der Waals surface area contributed by atoms with Gasteiger partial charge in [0.15, 0.2) is 0 Å². The van der Waals surface area contributed by atoms with E-state index < -0.39 is 0 Å². The van der Waals surface area contributed by atoms with Crippen molar-refractivity contribution < 1.29 is 9.47 Å². The van der Waals surface area contributed by atoms with Gasteiger partial charge < -0.3 is 20.1 Å². The van der Waals surface area contributed by atoms with Crippen LogP contribution in [0.3, 0.4) is 0 Å². The van der Waals surface area contributed by atoms with Crippen LogP contribution >= 0.6 is 0 Å². The number of ether oxygens (including phenoxy) is 2. The third kappa shape index (κ3) is 3.65. The van der Waals surface area contributed by atoms with Gasteiger partial charge in [-0.15, -0.1) is 0 Å². The lowest BCUT2D eigenvalue weighted by atomic mass is 9.78. The van der Waals surface area contributed by atoms with E-state index in [4.69, 9.17) is 15.2 Å². The molecule has 2 N–H and O–H groups in total.